The van der Waals surface area contributed by atoms with E-state index < -0.39 is 17.8 Å². The van der Waals surface area contributed by atoms with Crippen LogP contribution in [-0.2, 0) is 14.4 Å². The summed E-state index contributed by atoms with van der Waals surface area (Å²) in [4.78, 5) is 39.7. The summed E-state index contributed by atoms with van der Waals surface area (Å²) >= 11 is 6.07. The molecule has 0 aliphatic carbocycles. The maximum Gasteiger partial charge on any atom is 0.308 e. The molecule has 3 atom stereocenters. The third-order valence-electron chi connectivity index (χ3n) is 5.18. The molecule has 7 heteroatoms. The smallest absolute Gasteiger partial charge is 0.308 e. The second-order valence-corrected chi connectivity index (χ2v) is 7.21. The second-order valence-electron chi connectivity index (χ2n) is 6.78. The van der Waals surface area contributed by atoms with E-state index in [1.54, 1.807) is 35.0 Å². The Hall–Kier alpha value is -2.08. The number of halogens is 1. The predicted molar refractivity (Wildman–Crippen MR) is 92.0 cm³/mol. The fourth-order valence-electron chi connectivity index (χ4n) is 3.85. The highest BCUT2D eigenvalue weighted by Gasteiger charge is 2.45. The maximum absolute atomic E-state index is 13.0. The Kier molecular flexibility index (Phi) is 4.99. The fraction of sp³-hybridized carbons (Fsp3) is 0.500. The number of rotatable bonds is 3. The van der Waals surface area contributed by atoms with Crippen LogP contribution >= 0.6 is 11.6 Å². The molecule has 0 saturated carbocycles. The van der Waals surface area contributed by atoms with E-state index in [2.05, 4.69) is 0 Å². The van der Waals surface area contributed by atoms with Gasteiger partial charge in [-0.25, -0.2) is 0 Å². The van der Waals surface area contributed by atoms with Crippen LogP contribution in [0.3, 0.4) is 0 Å². The number of benzene rings is 1. The number of piperidine rings is 1. The quantitative estimate of drug-likeness (QED) is 0.891. The number of carbonyl (C=O) groups is 3. The number of amides is 2. The van der Waals surface area contributed by atoms with E-state index in [9.17, 15) is 19.5 Å². The highest BCUT2D eigenvalue weighted by Crippen LogP contribution is 2.39. The third-order valence-corrected chi connectivity index (χ3v) is 5.41. The lowest BCUT2D eigenvalue weighted by atomic mass is 9.90. The topological polar surface area (TPSA) is 77.9 Å². The molecule has 2 aliphatic heterocycles. The molecule has 0 aromatic heterocycles. The van der Waals surface area contributed by atoms with Crippen molar-refractivity contribution in [3.8, 4) is 0 Å². The van der Waals surface area contributed by atoms with Gasteiger partial charge < -0.3 is 14.9 Å². The molecule has 0 unspecified atom stereocenters. The van der Waals surface area contributed by atoms with Crippen LogP contribution in [0.5, 0.6) is 0 Å². The number of hydrogen-bond donors (Lipinski definition) is 1. The maximum atomic E-state index is 13.0. The normalized spacial score (nSPS) is 26.8. The lowest BCUT2D eigenvalue weighted by Gasteiger charge is -2.34. The van der Waals surface area contributed by atoms with Crippen LogP contribution in [0.2, 0.25) is 5.02 Å². The highest BCUT2D eigenvalue weighted by molar-refractivity contribution is 6.30. The molecule has 1 N–H and O–H groups in total. The van der Waals surface area contributed by atoms with Crippen LogP contribution in [0.15, 0.2) is 24.3 Å². The Morgan fingerprint density at radius 3 is 2.76 bits per heavy atom. The summed E-state index contributed by atoms with van der Waals surface area (Å²) in [6.45, 7) is 0.754. The lowest BCUT2D eigenvalue weighted by molar-refractivity contribution is -0.147. The lowest BCUT2D eigenvalue weighted by Crippen LogP contribution is -2.45. The average molecular weight is 365 g/mol. The number of hydrogen-bond acceptors (Lipinski definition) is 3. The van der Waals surface area contributed by atoms with Crippen molar-refractivity contribution in [2.45, 2.75) is 25.3 Å². The number of carboxylic acid groups (broad SMARTS) is 1. The predicted octanol–water partition coefficient (Wildman–Crippen LogP) is 2.18. The van der Waals surface area contributed by atoms with E-state index in [1.807, 2.05) is 6.07 Å². The van der Waals surface area contributed by atoms with Gasteiger partial charge in [-0.3, -0.25) is 14.4 Å². The molecule has 3 rings (SSSR count). The van der Waals surface area contributed by atoms with Gasteiger partial charge in [-0.15, -0.1) is 0 Å². The minimum Gasteiger partial charge on any atom is -0.481 e. The Balaban J connectivity index is 1.85. The van der Waals surface area contributed by atoms with Crippen molar-refractivity contribution in [3.05, 3.63) is 34.9 Å². The zero-order chi connectivity index (χ0) is 18.1. The van der Waals surface area contributed by atoms with Crippen molar-refractivity contribution in [2.24, 2.45) is 11.8 Å². The molecule has 2 saturated heterocycles. The Bertz CT molecular complexity index is 708. The Morgan fingerprint density at radius 1 is 1.32 bits per heavy atom. The fourth-order valence-corrected chi connectivity index (χ4v) is 4.05. The first-order valence-electron chi connectivity index (χ1n) is 8.41. The van der Waals surface area contributed by atoms with E-state index in [-0.39, 0.29) is 30.8 Å². The molecule has 2 amide bonds. The minimum absolute atomic E-state index is 0.0879. The van der Waals surface area contributed by atoms with Crippen LogP contribution in [0.1, 0.15) is 30.9 Å². The van der Waals surface area contributed by atoms with Gasteiger partial charge in [-0.05, 0) is 30.5 Å². The summed E-state index contributed by atoms with van der Waals surface area (Å²) in [6.07, 6.45) is 1.39. The van der Waals surface area contributed by atoms with Crippen LogP contribution in [-0.4, -0.2) is 52.8 Å². The van der Waals surface area contributed by atoms with Crippen molar-refractivity contribution in [1.82, 2.24) is 9.80 Å². The summed E-state index contributed by atoms with van der Waals surface area (Å²) in [7, 11) is 1.69. The van der Waals surface area contributed by atoms with E-state index in [4.69, 9.17) is 11.6 Å². The van der Waals surface area contributed by atoms with Crippen molar-refractivity contribution in [3.63, 3.8) is 0 Å². The molecule has 134 valence electrons. The van der Waals surface area contributed by atoms with Crippen LogP contribution in [0, 0.1) is 11.8 Å². The molecule has 0 bridgehead atoms. The van der Waals surface area contributed by atoms with Gasteiger partial charge in [-0.2, -0.15) is 0 Å². The van der Waals surface area contributed by atoms with Crippen LogP contribution in [0.4, 0.5) is 0 Å². The van der Waals surface area contributed by atoms with Gasteiger partial charge in [-0.1, -0.05) is 23.7 Å². The molecule has 2 fully saturated rings. The zero-order valence-corrected chi connectivity index (χ0v) is 14.8. The van der Waals surface area contributed by atoms with E-state index >= 15 is 0 Å². The van der Waals surface area contributed by atoms with Crippen molar-refractivity contribution in [2.75, 3.05) is 20.1 Å². The molecule has 6 nitrogen and oxygen atoms in total. The van der Waals surface area contributed by atoms with Crippen LogP contribution < -0.4 is 0 Å². The van der Waals surface area contributed by atoms with Gasteiger partial charge >= 0.3 is 5.97 Å². The first-order valence-corrected chi connectivity index (χ1v) is 8.79. The second kappa shape index (κ2) is 7.04. The van der Waals surface area contributed by atoms with Gasteiger partial charge in [0.1, 0.15) is 0 Å². The summed E-state index contributed by atoms with van der Waals surface area (Å²) < 4.78 is 0. The molecular formula is C18H21ClN2O4. The monoisotopic (exact) mass is 364 g/mol. The summed E-state index contributed by atoms with van der Waals surface area (Å²) in [5, 5.41) is 9.79. The van der Waals surface area contributed by atoms with Crippen molar-refractivity contribution >= 4 is 29.4 Å². The SMILES string of the molecule is CN1C(=O)C[C@H](C(=O)N2CCC[C@H](C(=O)O)C2)[C@H]1c1cccc(Cl)c1. The van der Waals surface area contributed by atoms with Gasteiger partial charge in [0.05, 0.1) is 17.9 Å². The first-order chi connectivity index (χ1) is 11.9. The van der Waals surface area contributed by atoms with E-state index in [1.165, 1.54) is 0 Å². The first kappa shape index (κ1) is 17.7. The van der Waals surface area contributed by atoms with Gasteiger partial charge in [0.2, 0.25) is 11.8 Å². The summed E-state index contributed by atoms with van der Waals surface area (Å²) in [5.41, 5.74) is 0.825. The number of carboxylic acids is 1. The average Bonchev–Trinajstić information content (AvgIpc) is 2.89. The van der Waals surface area contributed by atoms with Gasteiger partial charge in [0.15, 0.2) is 0 Å². The zero-order valence-electron chi connectivity index (χ0n) is 14.0. The van der Waals surface area contributed by atoms with Crippen molar-refractivity contribution < 1.29 is 19.5 Å². The number of aliphatic carboxylic acids is 1. The molecule has 2 heterocycles. The Morgan fingerprint density at radius 2 is 2.08 bits per heavy atom. The third kappa shape index (κ3) is 3.49. The Labute approximate surface area is 151 Å². The van der Waals surface area contributed by atoms with E-state index in [0.717, 1.165) is 5.56 Å². The standard InChI is InChI=1S/C18H21ClN2O4/c1-20-15(22)9-14(16(20)11-4-2-6-13(19)8-11)17(23)21-7-3-5-12(10-21)18(24)25/h2,4,6,8,12,14,16H,3,5,7,9-10H2,1H3,(H,24,25)/t12-,14-,16+/m0/s1. The van der Waals surface area contributed by atoms with Gasteiger partial charge in [0, 0.05) is 31.6 Å². The number of carbonyl (C=O) groups excluding carboxylic acids is 2. The number of likely N-dealkylation sites (tertiary alicyclic amines) is 2. The molecule has 2 aliphatic rings. The highest BCUT2D eigenvalue weighted by atomic mass is 35.5. The van der Waals surface area contributed by atoms with Gasteiger partial charge in [0.25, 0.3) is 0 Å². The number of nitrogens with zero attached hydrogens (tertiary/aromatic N) is 2. The van der Waals surface area contributed by atoms with E-state index in [0.29, 0.717) is 24.4 Å². The summed E-state index contributed by atoms with van der Waals surface area (Å²) in [6, 6.07) is 6.82. The molecule has 25 heavy (non-hydrogen) atoms. The van der Waals surface area contributed by atoms with Crippen molar-refractivity contribution in [1.29, 1.82) is 0 Å². The minimum atomic E-state index is -0.872. The summed E-state index contributed by atoms with van der Waals surface area (Å²) in [5.74, 6) is -2.15. The molecule has 1 aromatic carbocycles. The largest absolute Gasteiger partial charge is 0.481 e. The molecule has 0 spiro atoms. The van der Waals surface area contributed by atoms with Crippen LogP contribution in [0.25, 0.3) is 0 Å². The molecular weight excluding hydrogens is 344 g/mol. The molecule has 1 aromatic rings. The molecule has 0 radical (unpaired) electrons.